The molecule has 0 aliphatic heterocycles. The van der Waals surface area contributed by atoms with Crippen LogP contribution >= 0.6 is 0 Å². The van der Waals surface area contributed by atoms with Crippen LogP contribution in [0, 0.1) is 12.1 Å². The molecule has 0 radical (unpaired) electrons. The van der Waals surface area contributed by atoms with Crippen LogP contribution in [0.2, 0.25) is 0 Å². The van der Waals surface area contributed by atoms with Crippen molar-refractivity contribution in [3.8, 4) is 16.8 Å². The topological polar surface area (TPSA) is 8.17 Å². The van der Waals surface area contributed by atoms with Gasteiger partial charge in [-0.2, -0.15) is 0 Å². The van der Waals surface area contributed by atoms with Crippen LogP contribution in [0.3, 0.4) is 0 Å². The zero-order valence-electron chi connectivity index (χ0n) is 37.4. The Kier molecular flexibility index (Phi) is 9.43. The first kappa shape index (κ1) is 39.3. The fourth-order valence-corrected chi connectivity index (χ4v) is 11.7. The molecule has 0 fully saturated rings. The number of benzene rings is 7. The van der Waals surface area contributed by atoms with Crippen molar-refractivity contribution >= 4 is 49.5 Å². The number of aromatic nitrogens is 1. The Labute approximate surface area is 393 Å². The van der Waals surface area contributed by atoms with Crippen LogP contribution in [0.5, 0.6) is 0 Å². The Morgan fingerprint density at radius 2 is 1.24 bits per heavy atom. The largest absolute Gasteiger partial charge is 0.314 e. The molecule has 13 rings (SSSR count). The minimum atomic E-state index is -0.436. The van der Waals surface area contributed by atoms with Gasteiger partial charge in [0.2, 0.25) is 0 Å². The van der Waals surface area contributed by atoms with Gasteiger partial charge in [-0.05, 0) is 142 Å². The Morgan fingerprint density at radius 1 is 0.522 bits per heavy atom. The fraction of sp³-hybridized carbons (Fsp3) is 0.108. The number of nitrogens with zero attached hydrogens (tertiary/aromatic N) is 2. The van der Waals surface area contributed by atoms with Crippen LogP contribution < -0.4 is 4.90 Å². The Hall–Kier alpha value is -8.12. The third-order valence-corrected chi connectivity index (χ3v) is 14.7. The summed E-state index contributed by atoms with van der Waals surface area (Å²) in [6.45, 7) is 0. The minimum absolute atomic E-state index is 0.436. The van der Waals surface area contributed by atoms with Crippen LogP contribution in [-0.4, -0.2) is 4.57 Å². The van der Waals surface area contributed by atoms with Gasteiger partial charge < -0.3 is 9.47 Å². The molecule has 0 spiro atoms. The predicted molar refractivity (Wildman–Crippen MR) is 280 cm³/mol. The van der Waals surface area contributed by atoms with Crippen LogP contribution in [0.25, 0.3) is 55.0 Å². The number of fused-ring (bicyclic) bond motifs is 5. The van der Waals surface area contributed by atoms with Crippen LogP contribution in [0.15, 0.2) is 246 Å². The molecule has 4 aliphatic carbocycles. The number of rotatable bonds is 8. The van der Waals surface area contributed by atoms with E-state index >= 15 is 0 Å². The van der Waals surface area contributed by atoms with Crippen molar-refractivity contribution in [3.63, 3.8) is 0 Å². The van der Waals surface area contributed by atoms with Gasteiger partial charge in [0.05, 0.1) is 27.5 Å². The molecule has 0 bridgehead atoms. The van der Waals surface area contributed by atoms with Crippen molar-refractivity contribution in [3.05, 3.63) is 275 Å². The molecule has 0 saturated heterocycles. The van der Waals surface area contributed by atoms with Crippen molar-refractivity contribution in [2.75, 3.05) is 4.90 Å². The highest BCUT2D eigenvalue weighted by molar-refractivity contribution is 6.09. The molecular formula is C65H48N2. The van der Waals surface area contributed by atoms with Gasteiger partial charge >= 0.3 is 0 Å². The average molecular weight is 857 g/mol. The van der Waals surface area contributed by atoms with E-state index < -0.39 is 5.41 Å². The average Bonchev–Trinajstić information content (AvgIpc) is 3.90. The third kappa shape index (κ3) is 6.34. The van der Waals surface area contributed by atoms with Gasteiger partial charge in [0.15, 0.2) is 0 Å². The predicted octanol–water partition coefficient (Wildman–Crippen LogP) is 16.7. The summed E-state index contributed by atoms with van der Waals surface area (Å²) in [6, 6.07) is 74.7. The van der Waals surface area contributed by atoms with Crippen LogP contribution in [-0.2, 0) is 5.41 Å². The Morgan fingerprint density at radius 3 is 2.04 bits per heavy atom. The molecule has 9 aromatic rings. The molecule has 0 amide bonds. The molecule has 1 heterocycles. The van der Waals surface area contributed by atoms with E-state index in [0.29, 0.717) is 0 Å². The number of hydrogen-bond donors (Lipinski definition) is 0. The van der Waals surface area contributed by atoms with Crippen LogP contribution in [0.1, 0.15) is 55.2 Å². The normalized spacial score (nSPS) is 16.2. The van der Waals surface area contributed by atoms with Crippen molar-refractivity contribution in [1.82, 2.24) is 4.57 Å². The lowest BCUT2D eigenvalue weighted by Crippen LogP contribution is -2.31. The van der Waals surface area contributed by atoms with Gasteiger partial charge in [0.25, 0.3) is 0 Å². The first-order chi connectivity index (χ1) is 33.2. The summed E-state index contributed by atoms with van der Waals surface area (Å²) in [5.41, 5.74) is 19.7. The van der Waals surface area contributed by atoms with Gasteiger partial charge in [-0.15, -0.1) is 0 Å². The molecule has 2 nitrogen and oxygen atoms in total. The maximum atomic E-state index is 3.72. The quantitative estimate of drug-likeness (QED) is 0.148. The summed E-state index contributed by atoms with van der Waals surface area (Å²) >= 11 is 0. The van der Waals surface area contributed by atoms with Crippen molar-refractivity contribution in [1.29, 1.82) is 0 Å². The molecule has 1 aromatic heterocycles. The molecule has 8 aromatic carbocycles. The minimum Gasteiger partial charge on any atom is -0.314 e. The van der Waals surface area contributed by atoms with E-state index in [0.717, 1.165) is 83.1 Å². The summed E-state index contributed by atoms with van der Waals surface area (Å²) in [5, 5.41) is 4.70. The van der Waals surface area contributed by atoms with E-state index in [1.807, 2.05) is 0 Å². The first-order valence-corrected chi connectivity index (χ1v) is 23.9. The summed E-state index contributed by atoms with van der Waals surface area (Å²) in [4.78, 5) is 2.55. The number of anilines is 2. The van der Waals surface area contributed by atoms with E-state index in [9.17, 15) is 0 Å². The maximum Gasteiger partial charge on any atom is 0.0707 e. The van der Waals surface area contributed by atoms with E-state index in [4.69, 9.17) is 0 Å². The zero-order valence-corrected chi connectivity index (χ0v) is 37.4. The molecule has 0 N–H and O–H groups in total. The van der Waals surface area contributed by atoms with E-state index in [1.165, 1.54) is 66.4 Å². The number of hydrogen-bond acceptors (Lipinski definition) is 1. The third-order valence-electron chi connectivity index (χ3n) is 14.7. The van der Waals surface area contributed by atoms with Crippen molar-refractivity contribution < 1.29 is 0 Å². The van der Waals surface area contributed by atoms with Crippen molar-refractivity contribution in [2.45, 2.75) is 43.9 Å². The van der Waals surface area contributed by atoms with Crippen LogP contribution in [0.4, 0.5) is 11.4 Å². The lowest BCUT2D eigenvalue weighted by atomic mass is 9.65. The van der Waals surface area contributed by atoms with Gasteiger partial charge in [-0.3, -0.25) is 0 Å². The summed E-state index contributed by atoms with van der Waals surface area (Å²) < 4.78 is 2.41. The number of para-hydroxylation sites is 2. The molecule has 2 heteroatoms. The highest BCUT2D eigenvalue weighted by Gasteiger charge is 2.49. The van der Waals surface area contributed by atoms with E-state index in [2.05, 4.69) is 240 Å². The van der Waals surface area contributed by atoms with Gasteiger partial charge in [-0.1, -0.05) is 182 Å². The SMILES string of the molecule is c1c(-c2ccccc2N(C2=CC3=C(CC2)C2=C(C=CCC2)C3(c2ccccc2)c2ccccc2)c2ccc(C3=CCCC=C3)cc2)cc2c(c#1)c1ccccc1n2-c1ccc2ccccc2c1. The fourth-order valence-electron chi connectivity index (χ4n) is 11.7. The van der Waals surface area contributed by atoms with E-state index in [1.54, 1.807) is 0 Å². The number of allylic oxidation sites excluding steroid dienone is 12. The summed E-state index contributed by atoms with van der Waals surface area (Å²) in [7, 11) is 0. The zero-order chi connectivity index (χ0) is 44.3. The van der Waals surface area contributed by atoms with Crippen molar-refractivity contribution in [2.24, 2.45) is 0 Å². The van der Waals surface area contributed by atoms with Gasteiger partial charge in [0.1, 0.15) is 0 Å². The standard InChI is InChI=1S/C65H48N2/c1-4-18-45(19-5-1)47-32-36-52(37-33-47)66(54-39-41-57-56-27-12-15-29-60(56)65(61(57)44-54,50-22-6-2-7-23-50)51-24-8-3-9-25-51)62-30-16-13-26-55(62)49-35-40-59-58-28-14-17-31-63(58)67(64(59)43-49)53-38-34-46-20-10-11-21-48(46)42-53/h2-4,6-11,13-26,28-34,36-38,42-44H,1,5,12,27,39,41H2. The molecule has 0 atom stereocenters. The molecule has 0 saturated carbocycles. The van der Waals surface area contributed by atoms with Gasteiger partial charge in [0, 0.05) is 33.6 Å². The monoisotopic (exact) mass is 856 g/mol. The van der Waals surface area contributed by atoms with E-state index in [-0.39, 0.29) is 0 Å². The second-order valence-electron chi connectivity index (χ2n) is 18.3. The Balaban J connectivity index is 1.02. The molecule has 4 aliphatic rings. The lowest BCUT2D eigenvalue weighted by molar-refractivity contribution is 0.733. The smallest absolute Gasteiger partial charge is 0.0707 e. The lowest BCUT2D eigenvalue weighted by Gasteiger charge is -2.38. The summed E-state index contributed by atoms with van der Waals surface area (Å²) in [6.07, 6.45) is 20.6. The second kappa shape index (κ2) is 16.1. The molecule has 0 unspecified atom stereocenters. The first-order valence-electron chi connectivity index (χ1n) is 23.9. The highest BCUT2D eigenvalue weighted by Crippen LogP contribution is 2.59. The van der Waals surface area contributed by atoms with Gasteiger partial charge in [-0.25, -0.2) is 0 Å². The maximum absolute atomic E-state index is 3.72. The summed E-state index contributed by atoms with van der Waals surface area (Å²) in [5.74, 6) is 0. The molecule has 318 valence electrons. The molecular weight excluding hydrogens is 809 g/mol. The Bertz CT molecular complexity index is 3570. The highest BCUT2D eigenvalue weighted by atomic mass is 15.2. The second-order valence-corrected chi connectivity index (χ2v) is 18.3. The molecule has 67 heavy (non-hydrogen) atoms.